The molecule has 0 amide bonds. The van der Waals surface area contributed by atoms with Crippen LogP contribution in [0.4, 0.5) is 0 Å². The third-order valence-electron chi connectivity index (χ3n) is 4.94. The van der Waals surface area contributed by atoms with Gasteiger partial charge >= 0.3 is 5.97 Å². The summed E-state index contributed by atoms with van der Waals surface area (Å²) in [4.78, 5) is 12.0. The molecule has 2 atom stereocenters. The van der Waals surface area contributed by atoms with Crippen molar-refractivity contribution in [1.29, 1.82) is 0 Å². The Labute approximate surface area is 130 Å². The van der Waals surface area contributed by atoms with Crippen molar-refractivity contribution in [2.45, 2.75) is 55.8 Å². The molecule has 6 heteroatoms. The SMILES string of the molecule is C=C(C)C(=O)OC12CC3CC(C1)CC(SS(C)(=O)=O)(C3)C2. The van der Waals surface area contributed by atoms with Crippen molar-refractivity contribution in [3.8, 4) is 0 Å². The Hall–Kier alpha value is -0.490. The fourth-order valence-corrected chi connectivity index (χ4v) is 9.00. The second kappa shape index (κ2) is 4.75. The minimum absolute atomic E-state index is 0.257. The van der Waals surface area contributed by atoms with Gasteiger partial charge in [-0.1, -0.05) is 6.58 Å². The fourth-order valence-electron chi connectivity index (χ4n) is 4.92. The molecule has 0 aliphatic heterocycles. The Kier molecular flexibility index (Phi) is 3.49. The van der Waals surface area contributed by atoms with Crippen molar-refractivity contribution in [3.63, 3.8) is 0 Å². The lowest BCUT2D eigenvalue weighted by Gasteiger charge is -2.60. The Morgan fingerprint density at radius 1 is 1.24 bits per heavy atom. The lowest BCUT2D eigenvalue weighted by Crippen LogP contribution is -2.59. The van der Waals surface area contributed by atoms with Gasteiger partial charge in [-0.05, 0) is 61.7 Å². The van der Waals surface area contributed by atoms with E-state index in [0.717, 1.165) is 42.9 Å². The average molecular weight is 330 g/mol. The van der Waals surface area contributed by atoms with Crippen LogP contribution in [0.2, 0.25) is 0 Å². The molecule has 21 heavy (non-hydrogen) atoms. The van der Waals surface area contributed by atoms with Gasteiger partial charge < -0.3 is 4.74 Å². The molecule has 4 aliphatic rings. The first-order chi connectivity index (χ1) is 9.61. The van der Waals surface area contributed by atoms with Crippen molar-refractivity contribution >= 4 is 25.6 Å². The molecule has 4 fully saturated rings. The Morgan fingerprint density at radius 3 is 2.29 bits per heavy atom. The zero-order chi connectivity index (χ0) is 15.5. The van der Waals surface area contributed by atoms with Crippen LogP contribution in [0.1, 0.15) is 45.4 Å². The minimum atomic E-state index is -3.10. The van der Waals surface area contributed by atoms with E-state index in [1.807, 2.05) is 0 Å². The van der Waals surface area contributed by atoms with E-state index in [1.165, 1.54) is 6.26 Å². The number of rotatable bonds is 4. The summed E-state index contributed by atoms with van der Waals surface area (Å²) in [5, 5.41) is 0. The first-order valence-electron chi connectivity index (χ1n) is 7.40. The minimum Gasteiger partial charge on any atom is -0.456 e. The molecular formula is C15H22O4S2. The molecule has 0 aromatic carbocycles. The molecule has 0 aromatic rings. The van der Waals surface area contributed by atoms with Crippen LogP contribution in [-0.2, 0) is 18.4 Å². The van der Waals surface area contributed by atoms with Crippen LogP contribution in [0, 0.1) is 11.8 Å². The summed E-state index contributed by atoms with van der Waals surface area (Å²) in [7, 11) is -1.99. The standard InChI is InChI=1S/C15H22O4S2/c1-10(2)13(16)19-14-5-11-4-12(6-14)8-15(7-11,9-14)20-21(3,17)18/h11-12H,1,4-9H2,2-3H3. The summed E-state index contributed by atoms with van der Waals surface area (Å²) in [5.41, 5.74) is -0.0480. The molecule has 118 valence electrons. The lowest BCUT2D eigenvalue weighted by molar-refractivity contribution is -0.178. The van der Waals surface area contributed by atoms with Gasteiger partial charge in [0.25, 0.3) is 0 Å². The van der Waals surface area contributed by atoms with Gasteiger partial charge in [0, 0.05) is 23.0 Å². The summed E-state index contributed by atoms with van der Waals surface area (Å²) in [6, 6.07) is 0. The van der Waals surface area contributed by atoms with Gasteiger partial charge in [0.1, 0.15) is 5.60 Å². The zero-order valence-electron chi connectivity index (χ0n) is 12.6. The molecule has 4 nitrogen and oxygen atoms in total. The second-order valence-electron chi connectivity index (χ2n) is 7.28. The van der Waals surface area contributed by atoms with E-state index in [4.69, 9.17) is 4.74 Å². The topological polar surface area (TPSA) is 60.4 Å². The van der Waals surface area contributed by atoms with Crippen LogP contribution in [0.3, 0.4) is 0 Å². The molecule has 4 bridgehead atoms. The summed E-state index contributed by atoms with van der Waals surface area (Å²) in [6.45, 7) is 5.31. The van der Waals surface area contributed by atoms with Crippen molar-refractivity contribution in [3.05, 3.63) is 12.2 Å². The number of ether oxygens (including phenoxy) is 1. The van der Waals surface area contributed by atoms with Gasteiger partial charge in [-0.15, -0.1) is 0 Å². The van der Waals surface area contributed by atoms with Gasteiger partial charge in [0.05, 0.1) is 0 Å². The summed E-state index contributed by atoms with van der Waals surface area (Å²) in [6.07, 6.45) is 6.75. The highest BCUT2D eigenvalue weighted by Gasteiger charge is 2.60. The maximum atomic E-state index is 12.0. The van der Waals surface area contributed by atoms with E-state index in [9.17, 15) is 13.2 Å². The van der Waals surface area contributed by atoms with E-state index in [1.54, 1.807) is 6.92 Å². The number of carbonyl (C=O) groups is 1. The molecule has 0 saturated heterocycles. The molecule has 0 aromatic heterocycles. The monoisotopic (exact) mass is 330 g/mol. The Balaban J connectivity index is 1.88. The van der Waals surface area contributed by atoms with Crippen molar-refractivity contribution < 1.29 is 17.9 Å². The van der Waals surface area contributed by atoms with Crippen molar-refractivity contribution in [2.75, 3.05) is 6.26 Å². The van der Waals surface area contributed by atoms with Gasteiger partial charge in [-0.2, -0.15) is 0 Å². The van der Waals surface area contributed by atoms with Crippen LogP contribution in [0.5, 0.6) is 0 Å². The van der Waals surface area contributed by atoms with Gasteiger partial charge in [0.15, 0.2) is 8.87 Å². The van der Waals surface area contributed by atoms with E-state index in [-0.39, 0.29) is 10.7 Å². The first kappa shape index (κ1) is 15.4. The molecule has 0 spiro atoms. The zero-order valence-corrected chi connectivity index (χ0v) is 14.2. The van der Waals surface area contributed by atoms with Crippen molar-refractivity contribution in [1.82, 2.24) is 0 Å². The molecule has 0 heterocycles. The van der Waals surface area contributed by atoms with Gasteiger partial charge in [-0.3, -0.25) is 0 Å². The normalized spacial score (nSPS) is 41.0. The van der Waals surface area contributed by atoms with Crippen LogP contribution >= 0.6 is 10.8 Å². The van der Waals surface area contributed by atoms with E-state index < -0.39 is 14.5 Å². The number of hydrogen-bond acceptors (Lipinski definition) is 5. The van der Waals surface area contributed by atoms with Gasteiger partial charge in [-0.25, -0.2) is 13.2 Å². The largest absolute Gasteiger partial charge is 0.456 e. The number of hydrogen-bond donors (Lipinski definition) is 0. The molecule has 0 N–H and O–H groups in total. The molecule has 4 aliphatic carbocycles. The highest BCUT2D eigenvalue weighted by molar-refractivity contribution is 8.72. The highest BCUT2D eigenvalue weighted by atomic mass is 33.1. The first-order valence-corrected chi connectivity index (χ1v) is 10.6. The Bertz CT molecular complexity index is 579. The van der Waals surface area contributed by atoms with E-state index in [2.05, 4.69) is 6.58 Å². The predicted molar refractivity (Wildman–Crippen MR) is 83.5 cm³/mol. The van der Waals surface area contributed by atoms with Crippen LogP contribution < -0.4 is 0 Å². The third-order valence-corrected chi connectivity index (χ3v) is 8.04. The molecule has 4 rings (SSSR count). The van der Waals surface area contributed by atoms with Crippen LogP contribution in [-0.4, -0.2) is 31.0 Å². The Morgan fingerprint density at radius 2 is 1.81 bits per heavy atom. The lowest BCUT2D eigenvalue weighted by atomic mass is 9.53. The van der Waals surface area contributed by atoms with Crippen molar-refractivity contribution in [2.24, 2.45) is 11.8 Å². The van der Waals surface area contributed by atoms with E-state index in [0.29, 0.717) is 23.8 Å². The summed E-state index contributed by atoms with van der Waals surface area (Å²) in [5.74, 6) is 0.633. The predicted octanol–water partition coefficient (Wildman–Crippen LogP) is 2.89. The molecule has 2 unspecified atom stereocenters. The maximum absolute atomic E-state index is 12.0. The fraction of sp³-hybridized carbons (Fsp3) is 0.800. The average Bonchev–Trinajstić information content (AvgIpc) is 2.21. The number of esters is 1. The van der Waals surface area contributed by atoms with Crippen LogP contribution in [0.25, 0.3) is 0 Å². The van der Waals surface area contributed by atoms with Gasteiger partial charge in [0.2, 0.25) is 0 Å². The second-order valence-corrected chi connectivity index (χ2v) is 12.0. The maximum Gasteiger partial charge on any atom is 0.333 e. The van der Waals surface area contributed by atoms with Crippen LogP contribution in [0.15, 0.2) is 12.2 Å². The smallest absolute Gasteiger partial charge is 0.333 e. The summed E-state index contributed by atoms with van der Waals surface area (Å²) < 4.78 is 29.1. The van der Waals surface area contributed by atoms with E-state index >= 15 is 0 Å². The quantitative estimate of drug-likeness (QED) is 0.451. The summed E-state index contributed by atoms with van der Waals surface area (Å²) >= 11 is 0. The third kappa shape index (κ3) is 3.02. The molecule has 0 radical (unpaired) electrons. The number of carbonyl (C=O) groups excluding carboxylic acids is 1. The molecular weight excluding hydrogens is 308 g/mol. The highest BCUT2D eigenvalue weighted by Crippen LogP contribution is 2.64. The molecule has 4 saturated carbocycles.